The molecule has 0 bridgehead atoms. The number of carbonyl (C=O) groups excluding carboxylic acids is 2. The molecule has 2 rings (SSSR count). The third kappa shape index (κ3) is 5.30. The largest absolute Gasteiger partial charge is 0.325 e. The van der Waals surface area contributed by atoms with Crippen LogP contribution in [0.5, 0.6) is 0 Å². The molecule has 1 amide bonds. The fourth-order valence-electron chi connectivity index (χ4n) is 2.26. The third-order valence-electron chi connectivity index (χ3n) is 3.31. The van der Waals surface area contributed by atoms with E-state index in [2.05, 4.69) is 5.32 Å². The summed E-state index contributed by atoms with van der Waals surface area (Å²) in [7, 11) is 1.79. The van der Waals surface area contributed by atoms with Gasteiger partial charge in [-0.1, -0.05) is 24.3 Å². The van der Waals surface area contributed by atoms with Crippen molar-refractivity contribution in [3.8, 4) is 0 Å². The van der Waals surface area contributed by atoms with Crippen LogP contribution < -0.4 is 5.32 Å². The highest BCUT2D eigenvalue weighted by Gasteiger charge is 2.09. The Balaban J connectivity index is 1.91. The minimum absolute atomic E-state index is 0.0516. The van der Waals surface area contributed by atoms with Crippen LogP contribution >= 0.6 is 0 Å². The minimum Gasteiger partial charge on any atom is -0.325 e. The molecule has 1 N–H and O–H groups in total. The van der Waals surface area contributed by atoms with Crippen molar-refractivity contribution < 1.29 is 14.0 Å². The van der Waals surface area contributed by atoms with Crippen LogP contribution in [0.15, 0.2) is 48.5 Å². The van der Waals surface area contributed by atoms with Crippen LogP contribution in [0.1, 0.15) is 22.8 Å². The average Bonchev–Trinajstić information content (AvgIpc) is 2.47. The highest BCUT2D eigenvalue weighted by atomic mass is 19.1. The van der Waals surface area contributed by atoms with Crippen LogP contribution in [0.25, 0.3) is 0 Å². The van der Waals surface area contributed by atoms with Gasteiger partial charge in [0, 0.05) is 17.8 Å². The molecule has 0 atom stereocenters. The van der Waals surface area contributed by atoms with E-state index in [1.165, 1.54) is 19.1 Å². The van der Waals surface area contributed by atoms with Crippen LogP contribution in [0, 0.1) is 5.82 Å². The molecule has 0 fully saturated rings. The van der Waals surface area contributed by atoms with Crippen molar-refractivity contribution in [3.05, 3.63) is 65.5 Å². The molecule has 0 aromatic heterocycles. The van der Waals surface area contributed by atoms with Gasteiger partial charge >= 0.3 is 0 Å². The smallest absolute Gasteiger partial charge is 0.238 e. The summed E-state index contributed by atoms with van der Waals surface area (Å²) in [4.78, 5) is 25.2. The SMILES string of the molecule is CC(=O)c1cccc(NC(=O)CN(C)Cc2cccc(F)c2)c1. The highest BCUT2D eigenvalue weighted by Crippen LogP contribution is 2.11. The highest BCUT2D eigenvalue weighted by molar-refractivity contribution is 5.97. The number of hydrogen-bond donors (Lipinski definition) is 1. The summed E-state index contributed by atoms with van der Waals surface area (Å²) in [6, 6.07) is 13.1. The Bertz CT molecular complexity index is 716. The van der Waals surface area contributed by atoms with Crippen molar-refractivity contribution in [2.75, 3.05) is 18.9 Å². The number of hydrogen-bond acceptors (Lipinski definition) is 3. The molecule has 2 aromatic carbocycles. The predicted octanol–water partition coefficient (Wildman–Crippen LogP) is 3.10. The van der Waals surface area contributed by atoms with Gasteiger partial charge in [-0.15, -0.1) is 0 Å². The second-order valence-corrected chi connectivity index (χ2v) is 5.49. The van der Waals surface area contributed by atoms with Gasteiger partial charge < -0.3 is 5.32 Å². The van der Waals surface area contributed by atoms with Crippen molar-refractivity contribution in [1.82, 2.24) is 4.90 Å². The lowest BCUT2D eigenvalue weighted by atomic mass is 10.1. The molecule has 0 radical (unpaired) electrons. The Morgan fingerprint density at radius 1 is 1.13 bits per heavy atom. The Morgan fingerprint density at radius 2 is 1.87 bits per heavy atom. The van der Waals surface area contributed by atoms with E-state index in [-0.39, 0.29) is 24.1 Å². The van der Waals surface area contributed by atoms with Gasteiger partial charge in [-0.3, -0.25) is 14.5 Å². The summed E-state index contributed by atoms with van der Waals surface area (Å²) >= 11 is 0. The van der Waals surface area contributed by atoms with Gasteiger partial charge in [-0.2, -0.15) is 0 Å². The zero-order chi connectivity index (χ0) is 16.8. The number of nitrogens with one attached hydrogen (secondary N) is 1. The normalized spacial score (nSPS) is 10.6. The molecule has 5 heteroatoms. The molecular weight excluding hydrogens is 295 g/mol. The van der Waals surface area contributed by atoms with E-state index in [1.54, 1.807) is 42.3 Å². The summed E-state index contributed by atoms with van der Waals surface area (Å²) < 4.78 is 13.1. The molecule has 23 heavy (non-hydrogen) atoms. The number of nitrogens with zero attached hydrogens (tertiary/aromatic N) is 1. The first kappa shape index (κ1) is 16.8. The Hall–Kier alpha value is -2.53. The van der Waals surface area contributed by atoms with Crippen LogP contribution in [0.4, 0.5) is 10.1 Å². The van der Waals surface area contributed by atoms with Crippen LogP contribution in [-0.2, 0) is 11.3 Å². The number of Topliss-reactive ketones (excluding diaryl/α,β-unsaturated/α-hetero) is 1. The summed E-state index contributed by atoms with van der Waals surface area (Å²) in [5, 5.41) is 2.76. The van der Waals surface area contributed by atoms with Gasteiger partial charge in [0.25, 0.3) is 0 Å². The predicted molar refractivity (Wildman–Crippen MR) is 87.8 cm³/mol. The lowest BCUT2D eigenvalue weighted by Gasteiger charge is -2.16. The first-order valence-electron chi connectivity index (χ1n) is 7.28. The van der Waals surface area contributed by atoms with E-state index in [0.717, 1.165) is 5.56 Å². The molecule has 2 aromatic rings. The molecule has 120 valence electrons. The molecule has 0 saturated carbocycles. The number of anilines is 1. The van der Waals surface area contributed by atoms with E-state index in [0.29, 0.717) is 17.8 Å². The van der Waals surface area contributed by atoms with Crippen LogP contribution in [0.3, 0.4) is 0 Å². The lowest BCUT2D eigenvalue weighted by Crippen LogP contribution is -2.29. The first-order chi connectivity index (χ1) is 10.9. The van der Waals surface area contributed by atoms with Crippen molar-refractivity contribution in [3.63, 3.8) is 0 Å². The first-order valence-corrected chi connectivity index (χ1v) is 7.28. The third-order valence-corrected chi connectivity index (χ3v) is 3.31. The van der Waals surface area contributed by atoms with Crippen molar-refractivity contribution in [1.29, 1.82) is 0 Å². The second-order valence-electron chi connectivity index (χ2n) is 5.49. The monoisotopic (exact) mass is 314 g/mol. The molecule has 0 unspecified atom stereocenters. The van der Waals surface area contributed by atoms with Crippen LogP contribution in [0.2, 0.25) is 0 Å². The van der Waals surface area contributed by atoms with Gasteiger partial charge in [0.15, 0.2) is 5.78 Å². The van der Waals surface area contributed by atoms with Gasteiger partial charge in [-0.05, 0) is 43.8 Å². The van der Waals surface area contributed by atoms with Crippen molar-refractivity contribution >= 4 is 17.4 Å². The molecular formula is C18H19FN2O2. The fraction of sp³-hybridized carbons (Fsp3) is 0.222. The van der Waals surface area contributed by atoms with Crippen LogP contribution in [-0.4, -0.2) is 30.2 Å². The Labute approximate surface area is 134 Å². The number of halogens is 1. The van der Waals surface area contributed by atoms with Gasteiger partial charge in [-0.25, -0.2) is 4.39 Å². The van der Waals surface area contributed by atoms with E-state index in [1.807, 2.05) is 6.07 Å². The zero-order valence-corrected chi connectivity index (χ0v) is 13.2. The summed E-state index contributed by atoms with van der Waals surface area (Å²) in [5.41, 5.74) is 1.94. The van der Waals surface area contributed by atoms with Gasteiger partial charge in [0.05, 0.1) is 6.54 Å². The maximum atomic E-state index is 13.1. The number of benzene rings is 2. The number of carbonyl (C=O) groups is 2. The molecule has 0 heterocycles. The number of likely N-dealkylation sites (N-methyl/N-ethyl adjacent to an activating group) is 1. The van der Waals surface area contributed by atoms with Gasteiger partial charge in [0.1, 0.15) is 5.82 Å². The Morgan fingerprint density at radius 3 is 2.57 bits per heavy atom. The summed E-state index contributed by atoms with van der Waals surface area (Å²) in [6.45, 7) is 2.12. The summed E-state index contributed by atoms with van der Waals surface area (Å²) in [6.07, 6.45) is 0. The van der Waals surface area contributed by atoms with Crippen molar-refractivity contribution in [2.45, 2.75) is 13.5 Å². The molecule has 0 aliphatic rings. The molecule has 0 aliphatic carbocycles. The fourth-order valence-corrected chi connectivity index (χ4v) is 2.26. The van der Waals surface area contributed by atoms with Crippen molar-refractivity contribution in [2.24, 2.45) is 0 Å². The molecule has 0 saturated heterocycles. The standard InChI is InChI=1S/C18H19FN2O2/c1-13(22)15-6-4-8-17(10-15)20-18(23)12-21(2)11-14-5-3-7-16(19)9-14/h3-10H,11-12H2,1-2H3,(H,20,23). The number of amides is 1. The molecule has 4 nitrogen and oxygen atoms in total. The number of rotatable bonds is 6. The lowest BCUT2D eigenvalue weighted by molar-refractivity contribution is -0.117. The van der Waals surface area contributed by atoms with Gasteiger partial charge in [0.2, 0.25) is 5.91 Å². The zero-order valence-electron chi connectivity index (χ0n) is 13.2. The topological polar surface area (TPSA) is 49.4 Å². The second kappa shape index (κ2) is 7.65. The molecule has 0 aliphatic heterocycles. The minimum atomic E-state index is -0.290. The van der Waals surface area contributed by atoms with E-state index >= 15 is 0 Å². The maximum Gasteiger partial charge on any atom is 0.238 e. The van der Waals surface area contributed by atoms with E-state index in [9.17, 15) is 14.0 Å². The Kier molecular flexibility index (Phi) is 5.60. The number of ketones is 1. The average molecular weight is 314 g/mol. The maximum absolute atomic E-state index is 13.1. The molecule has 0 spiro atoms. The quantitative estimate of drug-likeness (QED) is 0.834. The summed E-state index contributed by atoms with van der Waals surface area (Å²) in [5.74, 6) is -0.532. The van der Waals surface area contributed by atoms with E-state index < -0.39 is 0 Å². The van der Waals surface area contributed by atoms with E-state index in [4.69, 9.17) is 0 Å².